The molecule has 0 bridgehead atoms. The number of hydrogen-bond acceptors (Lipinski definition) is 3. The van der Waals surface area contributed by atoms with Gasteiger partial charge in [0.15, 0.2) is 5.82 Å². The SMILES string of the molecule is C/C=C\c1c(C)c2ccccc2c2ccc(-c3ccc4oc5cccc(-c6nc(-c7ccccc7)cc(-c7cccc(-c8ccccc8)c7)n6)c5c4c3)cc12. The first-order valence-corrected chi connectivity index (χ1v) is 18.8. The lowest BCUT2D eigenvalue weighted by molar-refractivity contribution is 0.669. The van der Waals surface area contributed by atoms with E-state index in [9.17, 15) is 0 Å². The maximum Gasteiger partial charge on any atom is 0.161 e. The van der Waals surface area contributed by atoms with Gasteiger partial charge in [-0.1, -0.05) is 146 Å². The highest BCUT2D eigenvalue weighted by atomic mass is 16.3. The number of benzene rings is 8. The second-order valence-corrected chi connectivity index (χ2v) is 14.1. The van der Waals surface area contributed by atoms with Crippen molar-refractivity contribution < 1.29 is 4.42 Å². The summed E-state index contributed by atoms with van der Waals surface area (Å²) in [6.07, 6.45) is 4.37. The Morgan fingerprint density at radius 2 is 1.04 bits per heavy atom. The Hall–Kier alpha value is -7.10. The van der Waals surface area contributed by atoms with Gasteiger partial charge in [-0.05, 0) is 105 Å². The van der Waals surface area contributed by atoms with Crippen LogP contribution in [0.3, 0.4) is 0 Å². The fourth-order valence-corrected chi connectivity index (χ4v) is 8.11. The number of nitrogens with zero attached hydrogens (tertiary/aromatic N) is 2. The van der Waals surface area contributed by atoms with Crippen LogP contribution in [0, 0.1) is 6.92 Å². The van der Waals surface area contributed by atoms with Gasteiger partial charge in [0.1, 0.15) is 11.2 Å². The Kier molecular flexibility index (Phi) is 7.92. The van der Waals surface area contributed by atoms with Gasteiger partial charge in [-0.2, -0.15) is 0 Å². The number of hydrogen-bond donors (Lipinski definition) is 0. The van der Waals surface area contributed by atoms with Crippen LogP contribution in [-0.4, -0.2) is 9.97 Å². The number of fused-ring (bicyclic) bond motifs is 6. The Labute approximate surface area is 319 Å². The molecule has 0 N–H and O–H groups in total. The smallest absolute Gasteiger partial charge is 0.161 e. The van der Waals surface area contributed by atoms with E-state index in [4.69, 9.17) is 14.4 Å². The predicted molar refractivity (Wildman–Crippen MR) is 231 cm³/mol. The van der Waals surface area contributed by atoms with Crippen molar-refractivity contribution in [1.82, 2.24) is 9.97 Å². The first kappa shape index (κ1) is 32.5. The monoisotopic (exact) mass is 704 g/mol. The van der Waals surface area contributed by atoms with Gasteiger partial charge in [0.25, 0.3) is 0 Å². The minimum absolute atomic E-state index is 0.657. The molecule has 2 aromatic heterocycles. The van der Waals surface area contributed by atoms with Crippen molar-refractivity contribution in [2.24, 2.45) is 0 Å². The van der Waals surface area contributed by atoms with E-state index in [1.807, 2.05) is 24.3 Å². The predicted octanol–water partition coefficient (Wildman–Crippen LogP) is 14.4. The molecule has 0 saturated carbocycles. The molecule has 260 valence electrons. The number of aryl methyl sites for hydroxylation is 1. The largest absolute Gasteiger partial charge is 0.456 e. The highest BCUT2D eigenvalue weighted by Gasteiger charge is 2.19. The fraction of sp³-hybridized carbons (Fsp3) is 0.0385. The Balaban J connectivity index is 1.16. The maximum atomic E-state index is 6.52. The molecule has 0 spiro atoms. The summed E-state index contributed by atoms with van der Waals surface area (Å²) < 4.78 is 6.52. The molecule has 0 aliphatic heterocycles. The zero-order chi connectivity index (χ0) is 36.9. The van der Waals surface area contributed by atoms with Crippen molar-refractivity contribution in [3.8, 4) is 56.2 Å². The highest BCUT2D eigenvalue weighted by Crippen LogP contribution is 2.41. The van der Waals surface area contributed by atoms with Gasteiger partial charge >= 0.3 is 0 Å². The van der Waals surface area contributed by atoms with E-state index in [1.54, 1.807) is 0 Å². The zero-order valence-electron chi connectivity index (χ0n) is 30.6. The van der Waals surface area contributed by atoms with Crippen LogP contribution in [0.25, 0.3) is 106 Å². The Morgan fingerprint density at radius 3 is 1.82 bits per heavy atom. The average molecular weight is 705 g/mol. The van der Waals surface area contributed by atoms with E-state index < -0.39 is 0 Å². The molecular weight excluding hydrogens is 669 g/mol. The summed E-state index contributed by atoms with van der Waals surface area (Å²) in [7, 11) is 0. The van der Waals surface area contributed by atoms with Gasteiger partial charge in [-0.15, -0.1) is 0 Å². The molecule has 8 aromatic carbocycles. The average Bonchev–Trinajstić information content (AvgIpc) is 3.64. The lowest BCUT2D eigenvalue weighted by Gasteiger charge is -2.14. The van der Waals surface area contributed by atoms with E-state index in [1.165, 1.54) is 38.2 Å². The maximum absolute atomic E-state index is 6.52. The van der Waals surface area contributed by atoms with Crippen molar-refractivity contribution >= 4 is 49.6 Å². The molecular formula is C52H36N2O. The third-order valence-electron chi connectivity index (χ3n) is 10.8. The third kappa shape index (κ3) is 5.69. The first-order valence-electron chi connectivity index (χ1n) is 18.8. The Morgan fingerprint density at radius 1 is 0.436 bits per heavy atom. The van der Waals surface area contributed by atoms with Crippen LogP contribution < -0.4 is 0 Å². The van der Waals surface area contributed by atoms with Gasteiger partial charge in [0.05, 0.1) is 11.4 Å². The molecule has 0 atom stereocenters. The number of allylic oxidation sites excluding steroid dienone is 1. The van der Waals surface area contributed by atoms with Crippen molar-refractivity contribution in [3.05, 3.63) is 187 Å². The molecule has 0 radical (unpaired) electrons. The summed E-state index contributed by atoms with van der Waals surface area (Å²) >= 11 is 0. The molecule has 55 heavy (non-hydrogen) atoms. The topological polar surface area (TPSA) is 38.9 Å². The molecule has 0 aliphatic rings. The van der Waals surface area contributed by atoms with E-state index in [0.29, 0.717) is 5.82 Å². The number of rotatable bonds is 6. The lowest BCUT2D eigenvalue weighted by Crippen LogP contribution is -1.96. The number of aromatic nitrogens is 2. The molecule has 3 nitrogen and oxygen atoms in total. The number of furan rings is 1. The van der Waals surface area contributed by atoms with Gasteiger partial charge in [0, 0.05) is 27.5 Å². The first-order chi connectivity index (χ1) is 27.1. The van der Waals surface area contributed by atoms with E-state index in [0.717, 1.165) is 66.7 Å². The van der Waals surface area contributed by atoms with Crippen molar-refractivity contribution in [1.29, 1.82) is 0 Å². The normalized spacial score (nSPS) is 11.7. The molecule has 0 unspecified atom stereocenters. The van der Waals surface area contributed by atoms with Gasteiger partial charge in [0.2, 0.25) is 0 Å². The molecule has 0 fully saturated rings. The minimum atomic E-state index is 0.657. The van der Waals surface area contributed by atoms with Crippen LogP contribution in [0.1, 0.15) is 18.1 Å². The van der Waals surface area contributed by atoms with Crippen LogP contribution >= 0.6 is 0 Å². The second-order valence-electron chi connectivity index (χ2n) is 14.1. The second kappa shape index (κ2) is 13.4. The van der Waals surface area contributed by atoms with E-state index >= 15 is 0 Å². The Bertz CT molecular complexity index is 3100. The molecule has 0 amide bonds. The lowest BCUT2D eigenvalue weighted by atomic mass is 9.90. The van der Waals surface area contributed by atoms with Crippen LogP contribution in [0.4, 0.5) is 0 Å². The van der Waals surface area contributed by atoms with Crippen LogP contribution in [0.15, 0.2) is 180 Å². The standard InChI is InChI=1S/C52H36N2O/c1-3-14-40-33(2)41-21-10-11-22-42(41)43-27-25-37(30-45(40)43)38-26-28-49-46(31-38)51-44(23-13-24-50(51)55-49)52-53-47(35-17-8-5-9-18-35)32-48(54-52)39-20-12-19-36(29-39)34-15-6-4-7-16-34/h3-32H,1-2H3/b14-3-. The zero-order valence-corrected chi connectivity index (χ0v) is 30.6. The summed E-state index contributed by atoms with van der Waals surface area (Å²) in [6, 6.07) is 59.8. The van der Waals surface area contributed by atoms with Crippen molar-refractivity contribution in [2.75, 3.05) is 0 Å². The van der Waals surface area contributed by atoms with Crippen LogP contribution in [-0.2, 0) is 0 Å². The molecule has 10 rings (SSSR count). The van der Waals surface area contributed by atoms with E-state index in [2.05, 4.69) is 172 Å². The summed E-state index contributed by atoms with van der Waals surface area (Å²) in [4.78, 5) is 10.5. The van der Waals surface area contributed by atoms with Gasteiger partial charge in [-0.3, -0.25) is 0 Å². The fourth-order valence-electron chi connectivity index (χ4n) is 8.11. The molecule has 10 aromatic rings. The highest BCUT2D eigenvalue weighted by molar-refractivity contribution is 6.15. The summed E-state index contributed by atoms with van der Waals surface area (Å²) in [5.41, 5.74) is 13.5. The molecule has 3 heteroatoms. The van der Waals surface area contributed by atoms with Crippen molar-refractivity contribution in [2.45, 2.75) is 13.8 Å². The van der Waals surface area contributed by atoms with Gasteiger partial charge < -0.3 is 4.42 Å². The van der Waals surface area contributed by atoms with Crippen molar-refractivity contribution in [3.63, 3.8) is 0 Å². The quantitative estimate of drug-likeness (QED) is 0.162. The molecule has 0 saturated heterocycles. The summed E-state index contributed by atoms with van der Waals surface area (Å²) in [5, 5.41) is 7.12. The minimum Gasteiger partial charge on any atom is -0.456 e. The van der Waals surface area contributed by atoms with Crippen LogP contribution in [0.2, 0.25) is 0 Å². The molecule has 0 aliphatic carbocycles. The molecule has 2 heterocycles. The summed E-state index contributed by atoms with van der Waals surface area (Å²) in [6.45, 7) is 4.32. The van der Waals surface area contributed by atoms with Crippen LogP contribution in [0.5, 0.6) is 0 Å². The van der Waals surface area contributed by atoms with Gasteiger partial charge in [-0.25, -0.2) is 9.97 Å². The van der Waals surface area contributed by atoms with E-state index in [-0.39, 0.29) is 0 Å². The third-order valence-corrected chi connectivity index (χ3v) is 10.8. The summed E-state index contributed by atoms with van der Waals surface area (Å²) in [5.74, 6) is 0.657.